The van der Waals surface area contributed by atoms with Gasteiger partial charge in [0.1, 0.15) is 0 Å². The molecule has 0 aromatic rings. The predicted molar refractivity (Wildman–Crippen MR) is 72.2 cm³/mol. The zero-order valence-corrected chi connectivity index (χ0v) is 11.4. The molecule has 2 aliphatic heterocycles. The summed E-state index contributed by atoms with van der Waals surface area (Å²) in [7, 11) is 2.27. The predicted octanol–water partition coefficient (Wildman–Crippen LogP) is 2.74. The van der Waals surface area contributed by atoms with E-state index in [4.69, 9.17) is 0 Å². The van der Waals surface area contributed by atoms with Gasteiger partial charge in [0.05, 0.1) is 0 Å². The van der Waals surface area contributed by atoms with E-state index < -0.39 is 0 Å². The van der Waals surface area contributed by atoms with Gasteiger partial charge in [-0.3, -0.25) is 4.90 Å². The molecule has 0 aromatic carbocycles. The van der Waals surface area contributed by atoms with Crippen molar-refractivity contribution in [3.05, 3.63) is 0 Å². The summed E-state index contributed by atoms with van der Waals surface area (Å²) in [6.07, 6.45) is 11.8. The number of piperidine rings is 2. The second-order valence-electron chi connectivity index (χ2n) is 6.53. The molecule has 3 fully saturated rings. The lowest BCUT2D eigenvalue weighted by molar-refractivity contribution is 0.00483. The molecule has 0 aromatic heterocycles. The molecule has 2 unspecified atom stereocenters. The summed E-state index contributed by atoms with van der Waals surface area (Å²) in [6.45, 7) is 4.03. The Balaban J connectivity index is 1.64. The number of likely N-dealkylation sites (tertiary alicyclic amines) is 2. The average Bonchev–Trinajstić information content (AvgIpc) is 2.39. The van der Waals surface area contributed by atoms with Gasteiger partial charge in [-0.15, -0.1) is 0 Å². The topological polar surface area (TPSA) is 6.48 Å². The molecule has 0 N–H and O–H groups in total. The largest absolute Gasteiger partial charge is 0.306 e. The highest BCUT2D eigenvalue weighted by Crippen LogP contribution is 2.37. The zero-order chi connectivity index (χ0) is 11.7. The average molecular weight is 236 g/mol. The summed E-state index contributed by atoms with van der Waals surface area (Å²) in [6, 6.07) is 1.88. The molecule has 2 nitrogen and oxygen atoms in total. The molecule has 0 bridgehead atoms. The van der Waals surface area contributed by atoms with Crippen LogP contribution in [0.25, 0.3) is 0 Å². The van der Waals surface area contributed by atoms with Gasteiger partial charge in [0.2, 0.25) is 0 Å². The standard InChI is InChI=1S/C15H28N2/c1-16-11-8-14(9-12-16)17-10-4-6-13-5-2-3-7-15(13)17/h13-15H,2-12H2,1H3. The molecule has 3 rings (SSSR count). The molecule has 0 spiro atoms. The maximum atomic E-state index is 2.93. The number of hydrogen-bond acceptors (Lipinski definition) is 2. The van der Waals surface area contributed by atoms with E-state index in [0.29, 0.717) is 0 Å². The van der Waals surface area contributed by atoms with Gasteiger partial charge >= 0.3 is 0 Å². The Kier molecular flexibility index (Phi) is 3.72. The smallest absolute Gasteiger partial charge is 0.0126 e. The van der Waals surface area contributed by atoms with Crippen molar-refractivity contribution >= 4 is 0 Å². The second kappa shape index (κ2) is 5.27. The molecule has 0 amide bonds. The van der Waals surface area contributed by atoms with Crippen LogP contribution in [0.2, 0.25) is 0 Å². The summed E-state index contributed by atoms with van der Waals surface area (Å²) >= 11 is 0. The van der Waals surface area contributed by atoms with E-state index in [-0.39, 0.29) is 0 Å². The molecule has 2 atom stereocenters. The van der Waals surface area contributed by atoms with Gasteiger partial charge in [0.25, 0.3) is 0 Å². The molecule has 1 aliphatic carbocycles. The van der Waals surface area contributed by atoms with E-state index >= 15 is 0 Å². The maximum Gasteiger partial charge on any atom is 0.0126 e. The second-order valence-corrected chi connectivity index (χ2v) is 6.53. The van der Waals surface area contributed by atoms with Crippen molar-refractivity contribution in [1.82, 2.24) is 9.80 Å². The van der Waals surface area contributed by atoms with Crippen molar-refractivity contribution in [2.24, 2.45) is 5.92 Å². The van der Waals surface area contributed by atoms with Gasteiger partial charge in [-0.2, -0.15) is 0 Å². The fraction of sp³-hybridized carbons (Fsp3) is 1.00. The van der Waals surface area contributed by atoms with Gasteiger partial charge in [-0.1, -0.05) is 12.8 Å². The highest BCUT2D eigenvalue weighted by atomic mass is 15.2. The molecule has 0 radical (unpaired) electrons. The van der Waals surface area contributed by atoms with Crippen molar-refractivity contribution in [2.45, 2.75) is 63.5 Å². The van der Waals surface area contributed by atoms with Crippen molar-refractivity contribution in [1.29, 1.82) is 0 Å². The highest BCUT2D eigenvalue weighted by molar-refractivity contribution is 4.92. The number of nitrogens with zero attached hydrogens (tertiary/aromatic N) is 2. The molecule has 2 saturated heterocycles. The van der Waals surface area contributed by atoms with E-state index in [2.05, 4.69) is 16.8 Å². The van der Waals surface area contributed by atoms with Crippen LogP contribution in [0, 0.1) is 5.92 Å². The molecule has 17 heavy (non-hydrogen) atoms. The van der Waals surface area contributed by atoms with Gasteiger partial charge < -0.3 is 4.90 Å². The van der Waals surface area contributed by atoms with Gasteiger partial charge in [-0.25, -0.2) is 0 Å². The van der Waals surface area contributed by atoms with Crippen molar-refractivity contribution in [3.63, 3.8) is 0 Å². The fourth-order valence-corrected chi connectivity index (χ4v) is 4.44. The first-order valence-electron chi connectivity index (χ1n) is 7.79. The quantitative estimate of drug-likeness (QED) is 0.691. The van der Waals surface area contributed by atoms with Crippen molar-refractivity contribution < 1.29 is 0 Å². The molecule has 3 aliphatic rings. The number of hydrogen-bond donors (Lipinski definition) is 0. The third kappa shape index (κ3) is 2.53. The fourth-order valence-electron chi connectivity index (χ4n) is 4.44. The minimum Gasteiger partial charge on any atom is -0.306 e. The number of fused-ring (bicyclic) bond motifs is 1. The van der Waals surface area contributed by atoms with E-state index in [0.717, 1.165) is 18.0 Å². The summed E-state index contributed by atoms with van der Waals surface area (Å²) in [5.74, 6) is 1.05. The normalized spacial score (nSPS) is 37.9. The van der Waals surface area contributed by atoms with Gasteiger partial charge in [0, 0.05) is 12.1 Å². The zero-order valence-electron chi connectivity index (χ0n) is 11.4. The molecular formula is C15H28N2. The van der Waals surface area contributed by atoms with E-state index in [1.54, 1.807) is 0 Å². The van der Waals surface area contributed by atoms with Crippen LogP contribution in [0.1, 0.15) is 51.4 Å². The lowest BCUT2D eigenvalue weighted by atomic mass is 9.77. The van der Waals surface area contributed by atoms with E-state index in [1.165, 1.54) is 71.0 Å². The summed E-state index contributed by atoms with van der Waals surface area (Å²) in [4.78, 5) is 5.43. The van der Waals surface area contributed by atoms with E-state index in [9.17, 15) is 0 Å². The lowest BCUT2D eigenvalue weighted by Crippen LogP contribution is -2.54. The minimum atomic E-state index is 0.914. The first kappa shape index (κ1) is 12.0. The first-order valence-corrected chi connectivity index (χ1v) is 7.79. The Morgan fingerprint density at radius 3 is 2.29 bits per heavy atom. The van der Waals surface area contributed by atoms with Crippen LogP contribution in [-0.2, 0) is 0 Å². The van der Waals surface area contributed by atoms with Crippen LogP contribution < -0.4 is 0 Å². The maximum absolute atomic E-state index is 2.93. The van der Waals surface area contributed by atoms with Crippen LogP contribution in [0.4, 0.5) is 0 Å². The van der Waals surface area contributed by atoms with Crippen molar-refractivity contribution in [2.75, 3.05) is 26.7 Å². The summed E-state index contributed by atoms with van der Waals surface area (Å²) < 4.78 is 0. The van der Waals surface area contributed by atoms with Crippen LogP contribution >= 0.6 is 0 Å². The highest BCUT2D eigenvalue weighted by Gasteiger charge is 2.37. The van der Waals surface area contributed by atoms with Crippen LogP contribution in [-0.4, -0.2) is 48.6 Å². The van der Waals surface area contributed by atoms with Gasteiger partial charge in [-0.05, 0) is 71.1 Å². The lowest BCUT2D eigenvalue weighted by Gasteiger charge is -2.49. The molecular weight excluding hydrogens is 208 g/mol. The third-order valence-corrected chi connectivity index (χ3v) is 5.44. The summed E-state index contributed by atoms with van der Waals surface area (Å²) in [5.41, 5.74) is 0. The Labute approximate surface area is 106 Å². The minimum absolute atomic E-state index is 0.914. The monoisotopic (exact) mass is 236 g/mol. The Hall–Kier alpha value is -0.0800. The Morgan fingerprint density at radius 1 is 0.765 bits per heavy atom. The van der Waals surface area contributed by atoms with Crippen LogP contribution in [0.15, 0.2) is 0 Å². The Bertz CT molecular complexity index is 243. The summed E-state index contributed by atoms with van der Waals surface area (Å²) in [5, 5.41) is 0. The molecule has 98 valence electrons. The molecule has 1 saturated carbocycles. The number of rotatable bonds is 1. The van der Waals surface area contributed by atoms with Crippen LogP contribution in [0.5, 0.6) is 0 Å². The van der Waals surface area contributed by atoms with E-state index in [1.807, 2.05) is 0 Å². The van der Waals surface area contributed by atoms with Crippen LogP contribution in [0.3, 0.4) is 0 Å². The van der Waals surface area contributed by atoms with Crippen molar-refractivity contribution in [3.8, 4) is 0 Å². The Morgan fingerprint density at radius 2 is 1.47 bits per heavy atom. The SMILES string of the molecule is CN1CCC(N2CCCC3CCCCC32)CC1. The van der Waals surface area contributed by atoms with Gasteiger partial charge in [0.15, 0.2) is 0 Å². The third-order valence-electron chi connectivity index (χ3n) is 5.44. The first-order chi connectivity index (χ1) is 8.34. The molecule has 2 heterocycles. The molecule has 2 heteroatoms.